The van der Waals surface area contributed by atoms with E-state index in [1.54, 1.807) is 0 Å². The predicted octanol–water partition coefficient (Wildman–Crippen LogP) is 3.91. The molecule has 26 heavy (non-hydrogen) atoms. The molecule has 1 aromatic carbocycles. The molecule has 1 aliphatic rings. The number of benzene rings is 1. The zero-order valence-corrected chi connectivity index (χ0v) is 17.0. The number of anilines is 2. The van der Waals surface area contributed by atoms with Crippen LogP contribution in [0, 0.1) is 20.8 Å². The summed E-state index contributed by atoms with van der Waals surface area (Å²) >= 11 is 3.47. The molecular formula is C19H24BrN5O. The van der Waals surface area contributed by atoms with Gasteiger partial charge in [-0.3, -0.25) is 0 Å². The minimum absolute atomic E-state index is 0.0643. The third kappa shape index (κ3) is 4.15. The number of hydrogen-bond acceptors (Lipinski definition) is 4. The molecule has 1 N–H and O–H groups in total. The van der Waals surface area contributed by atoms with E-state index in [-0.39, 0.29) is 6.03 Å². The number of amides is 2. The molecule has 0 aliphatic carbocycles. The lowest BCUT2D eigenvalue weighted by molar-refractivity contribution is 0.215. The van der Waals surface area contributed by atoms with Crippen LogP contribution in [0.25, 0.3) is 0 Å². The molecule has 2 heterocycles. The number of nitrogens with zero attached hydrogens (tertiary/aromatic N) is 4. The van der Waals surface area contributed by atoms with Crippen LogP contribution in [0.15, 0.2) is 28.7 Å². The average molecular weight is 418 g/mol. The molecular weight excluding hydrogens is 394 g/mol. The van der Waals surface area contributed by atoms with E-state index in [1.165, 1.54) is 0 Å². The van der Waals surface area contributed by atoms with Crippen molar-refractivity contribution < 1.29 is 4.79 Å². The maximum Gasteiger partial charge on any atom is 0.321 e. The molecule has 7 heteroatoms. The zero-order chi connectivity index (χ0) is 18.7. The van der Waals surface area contributed by atoms with Crippen molar-refractivity contribution in [3.63, 3.8) is 0 Å². The monoisotopic (exact) mass is 417 g/mol. The molecule has 138 valence electrons. The Kier molecular flexibility index (Phi) is 5.76. The summed E-state index contributed by atoms with van der Waals surface area (Å²) in [5.74, 6) is 1.78. The van der Waals surface area contributed by atoms with Gasteiger partial charge in [0.15, 0.2) is 0 Å². The van der Waals surface area contributed by atoms with Crippen molar-refractivity contribution in [3.05, 3.63) is 45.8 Å². The number of hydrogen-bond donors (Lipinski definition) is 1. The molecule has 3 rings (SSSR count). The van der Waals surface area contributed by atoms with E-state index in [1.807, 2.05) is 43.0 Å². The molecule has 0 bridgehead atoms. The van der Waals surface area contributed by atoms with Gasteiger partial charge >= 0.3 is 6.03 Å². The quantitative estimate of drug-likeness (QED) is 0.804. The number of urea groups is 1. The van der Waals surface area contributed by atoms with Crippen molar-refractivity contribution >= 4 is 33.5 Å². The first-order chi connectivity index (χ1) is 12.5. The summed E-state index contributed by atoms with van der Waals surface area (Å²) in [7, 11) is 0. The zero-order valence-electron chi connectivity index (χ0n) is 15.4. The van der Waals surface area contributed by atoms with Crippen LogP contribution in [0.1, 0.15) is 23.5 Å². The smallest absolute Gasteiger partial charge is 0.321 e. The van der Waals surface area contributed by atoms with Gasteiger partial charge in [0.05, 0.1) is 5.69 Å². The highest BCUT2D eigenvalue weighted by Gasteiger charge is 2.22. The molecule has 1 saturated heterocycles. The second kappa shape index (κ2) is 8.03. The summed E-state index contributed by atoms with van der Waals surface area (Å²) in [4.78, 5) is 25.8. The maximum atomic E-state index is 12.6. The van der Waals surface area contributed by atoms with E-state index in [0.29, 0.717) is 6.54 Å². The van der Waals surface area contributed by atoms with Crippen LogP contribution < -0.4 is 10.2 Å². The Balaban J connectivity index is 1.69. The third-order valence-electron chi connectivity index (χ3n) is 4.67. The lowest BCUT2D eigenvalue weighted by atomic mass is 10.2. The van der Waals surface area contributed by atoms with Gasteiger partial charge in [-0.05, 0) is 55.3 Å². The molecule has 6 nitrogen and oxygen atoms in total. The number of rotatable bonds is 2. The molecule has 2 aromatic rings. The second-order valence-corrected chi connectivity index (χ2v) is 7.40. The number of carbonyl (C=O) groups is 1. The predicted molar refractivity (Wildman–Crippen MR) is 108 cm³/mol. The SMILES string of the molecule is Cc1nc(C)c(C)c(N2CCCN(C(=O)Nc3ccccc3Br)CC2)n1. The van der Waals surface area contributed by atoms with Crippen molar-refractivity contribution in [2.75, 3.05) is 36.4 Å². The summed E-state index contributed by atoms with van der Waals surface area (Å²) in [6.07, 6.45) is 0.908. The fourth-order valence-electron chi connectivity index (χ4n) is 3.15. The number of aryl methyl sites for hydroxylation is 2. The molecule has 0 unspecified atom stereocenters. The maximum absolute atomic E-state index is 12.6. The number of carbonyl (C=O) groups excluding carboxylic acids is 1. The van der Waals surface area contributed by atoms with Crippen LogP contribution >= 0.6 is 15.9 Å². The summed E-state index contributed by atoms with van der Waals surface area (Å²) in [5, 5.41) is 2.99. The summed E-state index contributed by atoms with van der Waals surface area (Å²) in [5.41, 5.74) is 2.92. The molecule has 1 fully saturated rings. The van der Waals surface area contributed by atoms with Gasteiger partial charge in [0, 0.05) is 41.9 Å². The highest BCUT2D eigenvalue weighted by molar-refractivity contribution is 9.10. The Morgan fingerprint density at radius 2 is 1.85 bits per heavy atom. The topological polar surface area (TPSA) is 61.4 Å². The van der Waals surface area contributed by atoms with Crippen molar-refractivity contribution in [1.82, 2.24) is 14.9 Å². The van der Waals surface area contributed by atoms with E-state index in [9.17, 15) is 4.79 Å². The molecule has 0 atom stereocenters. The lowest BCUT2D eigenvalue weighted by Gasteiger charge is -2.25. The van der Waals surface area contributed by atoms with Gasteiger partial charge in [0.25, 0.3) is 0 Å². The van der Waals surface area contributed by atoms with Gasteiger partial charge in [-0.15, -0.1) is 0 Å². The van der Waals surface area contributed by atoms with Crippen molar-refractivity contribution in [2.24, 2.45) is 0 Å². The average Bonchev–Trinajstić information content (AvgIpc) is 2.86. The van der Waals surface area contributed by atoms with Gasteiger partial charge in [-0.2, -0.15) is 0 Å². The molecule has 1 aromatic heterocycles. The molecule has 0 radical (unpaired) electrons. The number of para-hydroxylation sites is 1. The first kappa shape index (κ1) is 18.6. The minimum atomic E-state index is -0.0643. The Labute approximate surface area is 162 Å². The van der Waals surface area contributed by atoms with Crippen LogP contribution in [0.3, 0.4) is 0 Å². The Morgan fingerprint density at radius 3 is 2.62 bits per heavy atom. The molecule has 1 aliphatic heterocycles. The van der Waals surface area contributed by atoms with E-state index in [0.717, 1.165) is 59.1 Å². The van der Waals surface area contributed by atoms with Gasteiger partial charge in [-0.25, -0.2) is 14.8 Å². The highest BCUT2D eigenvalue weighted by Crippen LogP contribution is 2.23. The normalized spacial score (nSPS) is 14.9. The van der Waals surface area contributed by atoms with Gasteiger partial charge in [-0.1, -0.05) is 12.1 Å². The first-order valence-electron chi connectivity index (χ1n) is 8.83. The van der Waals surface area contributed by atoms with Crippen LogP contribution in [-0.2, 0) is 0 Å². The number of aromatic nitrogens is 2. The number of nitrogens with one attached hydrogen (secondary N) is 1. The van der Waals surface area contributed by atoms with Gasteiger partial charge in [0.1, 0.15) is 11.6 Å². The standard InChI is InChI=1S/C19H24BrN5O/c1-13-14(2)21-15(3)22-18(13)24-9-6-10-25(12-11-24)19(26)23-17-8-5-4-7-16(17)20/h4-5,7-8H,6,9-12H2,1-3H3,(H,23,26). The van der Waals surface area contributed by atoms with Crippen molar-refractivity contribution in [3.8, 4) is 0 Å². The van der Waals surface area contributed by atoms with E-state index >= 15 is 0 Å². The Hall–Kier alpha value is -2.15. The van der Waals surface area contributed by atoms with Gasteiger partial charge in [0.2, 0.25) is 0 Å². The highest BCUT2D eigenvalue weighted by atomic mass is 79.9. The third-order valence-corrected chi connectivity index (χ3v) is 5.36. The minimum Gasteiger partial charge on any atom is -0.354 e. The summed E-state index contributed by atoms with van der Waals surface area (Å²) < 4.78 is 0.882. The summed E-state index contributed by atoms with van der Waals surface area (Å²) in [6, 6.07) is 7.58. The lowest BCUT2D eigenvalue weighted by Crippen LogP contribution is -2.38. The van der Waals surface area contributed by atoms with E-state index < -0.39 is 0 Å². The molecule has 2 amide bonds. The van der Waals surface area contributed by atoms with Crippen molar-refractivity contribution in [1.29, 1.82) is 0 Å². The van der Waals surface area contributed by atoms with Crippen molar-refractivity contribution in [2.45, 2.75) is 27.2 Å². The van der Waals surface area contributed by atoms with E-state index in [2.05, 4.69) is 43.0 Å². The first-order valence-corrected chi connectivity index (χ1v) is 9.62. The van der Waals surface area contributed by atoms with Crippen LogP contribution in [0.5, 0.6) is 0 Å². The Bertz CT molecular complexity index is 811. The molecule has 0 spiro atoms. The fourth-order valence-corrected chi connectivity index (χ4v) is 3.53. The van der Waals surface area contributed by atoms with Gasteiger partial charge < -0.3 is 15.1 Å². The van der Waals surface area contributed by atoms with E-state index in [4.69, 9.17) is 0 Å². The largest absolute Gasteiger partial charge is 0.354 e. The number of halogens is 1. The fraction of sp³-hybridized carbons (Fsp3) is 0.421. The Morgan fingerprint density at radius 1 is 1.08 bits per heavy atom. The van der Waals surface area contributed by atoms with Crippen LogP contribution in [-0.4, -0.2) is 47.1 Å². The molecule has 0 saturated carbocycles. The summed E-state index contributed by atoms with van der Waals surface area (Å²) in [6.45, 7) is 9.04. The second-order valence-electron chi connectivity index (χ2n) is 6.54. The van der Waals surface area contributed by atoms with Crippen LogP contribution in [0.4, 0.5) is 16.3 Å². The van der Waals surface area contributed by atoms with Crippen LogP contribution in [0.2, 0.25) is 0 Å².